The van der Waals surface area contributed by atoms with Crippen LogP contribution in [0.15, 0.2) is 24.3 Å². The van der Waals surface area contributed by atoms with Crippen LogP contribution in [-0.4, -0.2) is 40.1 Å². The molecule has 24 heavy (non-hydrogen) atoms. The lowest BCUT2D eigenvalue weighted by molar-refractivity contribution is -0.136. The average Bonchev–Trinajstić information content (AvgIpc) is 2.97. The molecule has 0 aliphatic carbocycles. The third-order valence-electron chi connectivity index (χ3n) is 3.74. The number of nitrogens with zero attached hydrogens (tertiary/aromatic N) is 2. The molecule has 1 aromatic heterocycles. The van der Waals surface area contributed by atoms with Crippen LogP contribution in [-0.2, 0) is 17.8 Å². The lowest BCUT2D eigenvalue weighted by Crippen LogP contribution is -2.43. The summed E-state index contributed by atoms with van der Waals surface area (Å²) < 4.78 is 0. The Morgan fingerprint density at radius 3 is 2.92 bits per heavy atom. The van der Waals surface area contributed by atoms with Gasteiger partial charge < -0.3 is 15.3 Å². The number of carbonyl (C=O) groups is 2. The predicted octanol–water partition coefficient (Wildman–Crippen LogP) is 3.01. The summed E-state index contributed by atoms with van der Waals surface area (Å²) >= 11 is 7.77. The maximum Gasteiger partial charge on any atom is 0.317 e. The Morgan fingerprint density at radius 1 is 1.38 bits per heavy atom. The summed E-state index contributed by atoms with van der Waals surface area (Å²) in [5.74, 6) is -0.928. The van der Waals surface area contributed by atoms with Crippen molar-refractivity contribution in [3.63, 3.8) is 0 Å². The van der Waals surface area contributed by atoms with Gasteiger partial charge in [0.25, 0.3) is 0 Å². The van der Waals surface area contributed by atoms with E-state index in [4.69, 9.17) is 16.7 Å². The second-order valence-corrected chi connectivity index (χ2v) is 6.91. The zero-order valence-corrected chi connectivity index (χ0v) is 14.4. The van der Waals surface area contributed by atoms with Crippen LogP contribution < -0.4 is 5.32 Å². The molecule has 0 saturated heterocycles. The van der Waals surface area contributed by atoms with Gasteiger partial charge in [-0.3, -0.25) is 4.79 Å². The highest BCUT2D eigenvalue weighted by molar-refractivity contribution is 7.15. The smallest absolute Gasteiger partial charge is 0.317 e. The Bertz CT molecular complexity index is 778. The Morgan fingerprint density at radius 2 is 2.17 bits per heavy atom. The highest BCUT2D eigenvalue weighted by Crippen LogP contribution is 2.35. The number of hydrogen-bond donors (Lipinski definition) is 2. The van der Waals surface area contributed by atoms with Crippen molar-refractivity contribution >= 4 is 34.9 Å². The van der Waals surface area contributed by atoms with Crippen molar-refractivity contribution in [2.24, 2.45) is 0 Å². The first-order valence-electron chi connectivity index (χ1n) is 7.52. The van der Waals surface area contributed by atoms with E-state index in [1.807, 2.05) is 24.3 Å². The number of aromatic nitrogens is 1. The zero-order valence-electron chi connectivity index (χ0n) is 12.8. The fraction of sp³-hybridized carbons (Fsp3) is 0.312. The van der Waals surface area contributed by atoms with Crippen molar-refractivity contribution in [2.75, 3.05) is 13.1 Å². The predicted molar refractivity (Wildman–Crippen MR) is 92.3 cm³/mol. The number of urea groups is 1. The summed E-state index contributed by atoms with van der Waals surface area (Å²) in [7, 11) is 0. The van der Waals surface area contributed by atoms with Crippen molar-refractivity contribution in [2.45, 2.75) is 19.4 Å². The molecular formula is C16H16ClN3O3S. The van der Waals surface area contributed by atoms with Gasteiger partial charge in [-0.15, -0.1) is 11.3 Å². The van der Waals surface area contributed by atoms with E-state index in [9.17, 15) is 9.59 Å². The minimum atomic E-state index is -0.928. The highest BCUT2D eigenvalue weighted by atomic mass is 35.5. The van der Waals surface area contributed by atoms with Crippen LogP contribution in [0.5, 0.6) is 0 Å². The van der Waals surface area contributed by atoms with E-state index in [1.54, 1.807) is 16.2 Å². The first-order valence-corrected chi connectivity index (χ1v) is 8.72. The summed E-state index contributed by atoms with van der Waals surface area (Å²) in [5, 5.41) is 12.8. The number of carboxylic acid groups (broad SMARTS) is 1. The first kappa shape index (κ1) is 16.7. The molecule has 0 fully saturated rings. The van der Waals surface area contributed by atoms with Gasteiger partial charge in [0.1, 0.15) is 5.01 Å². The number of benzene rings is 1. The van der Waals surface area contributed by atoms with E-state index < -0.39 is 5.97 Å². The molecule has 2 heterocycles. The van der Waals surface area contributed by atoms with Crippen LogP contribution in [0.2, 0.25) is 5.02 Å². The van der Waals surface area contributed by atoms with Crippen molar-refractivity contribution < 1.29 is 14.7 Å². The van der Waals surface area contributed by atoms with Gasteiger partial charge in [-0.1, -0.05) is 29.8 Å². The van der Waals surface area contributed by atoms with E-state index in [-0.39, 0.29) is 19.0 Å². The minimum Gasteiger partial charge on any atom is -0.481 e. The molecule has 0 bridgehead atoms. The van der Waals surface area contributed by atoms with Gasteiger partial charge in [-0.05, 0) is 6.07 Å². The van der Waals surface area contributed by atoms with Crippen LogP contribution in [0.1, 0.15) is 17.0 Å². The fourth-order valence-electron chi connectivity index (χ4n) is 2.51. The van der Waals surface area contributed by atoms with Gasteiger partial charge in [-0.2, -0.15) is 0 Å². The summed E-state index contributed by atoms with van der Waals surface area (Å²) in [6, 6.07) is 7.32. The number of fused-ring (bicyclic) bond motifs is 1. The average molecular weight is 366 g/mol. The zero-order chi connectivity index (χ0) is 17.1. The molecule has 1 aliphatic rings. The van der Waals surface area contributed by atoms with Gasteiger partial charge in [0.05, 0.1) is 23.7 Å². The van der Waals surface area contributed by atoms with Gasteiger partial charge in [0, 0.05) is 30.0 Å². The van der Waals surface area contributed by atoms with Crippen LogP contribution in [0.25, 0.3) is 10.6 Å². The van der Waals surface area contributed by atoms with Crippen molar-refractivity contribution in [3.05, 3.63) is 39.9 Å². The second kappa shape index (κ2) is 7.19. The molecule has 2 amide bonds. The molecule has 0 radical (unpaired) electrons. The van der Waals surface area contributed by atoms with Crippen molar-refractivity contribution in [1.29, 1.82) is 0 Å². The van der Waals surface area contributed by atoms with E-state index in [0.717, 1.165) is 21.1 Å². The molecule has 1 aromatic carbocycles. The highest BCUT2D eigenvalue weighted by Gasteiger charge is 2.24. The number of aliphatic carboxylic acids is 1. The fourth-order valence-corrected chi connectivity index (χ4v) is 3.95. The molecule has 0 atom stereocenters. The summed E-state index contributed by atoms with van der Waals surface area (Å²) in [5.41, 5.74) is 1.90. The molecule has 6 nitrogen and oxygen atoms in total. The maximum absolute atomic E-state index is 12.1. The lowest BCUT2D eigenvalue weighted by atomic mass is 10.2. The lowest BCUT2D eigenvalue weighted by Gasteiger charge is -2.26. The number of carboxylic acids is 1. The molecule has 0 saturated carbocycles. The third kappa shape index (κ3) is 3.68. The Kier molecular flexibility index (Phi) is 5.01. The second-order valence-electron chi connectivity index (χ2n) is 5.42. The molecule has 2 aromatic rings. The van der Waals surface area contributed by atoms with Gasteiger partial charge in [0.2, 0.25) is 0 Å². The molecule has 3 rings (SSSR count). The van der Waals surface area contributed by atoms with Gasteiger partial charge in [0.15, 0.2) is 0 Å². The van der Waals surface area contributed by atoms with Crippen LogP contribution >= 0.6 is 22.9 Å². The molecule has 2 N–H and O–H groups in total. The summed E-state index contributed by atoms with van der Waals surface area (Å²) in [6.45, 7) is 1.18. The molecule has 126 valence electrons. The van der Waals surface area contributed by atoms with Crippen molar-refractivity contribution in [1.82, 2.24) is 15.2 Å². The number of rotatable bonds is 4. The molecule has 0 unspecified atom stereocenters. The summed E-state index contributed by atoms with van der Waals surface area (Å²) in [4.78, 5) is 30.0. The number of amides is 2. The van der Waals surface area contributed by atoms with Crippen LogP contribution in [0.4, 0.5) is 4.79 Å². The number of thiazole rings is 1. The Hall–Kier alpha value is -2.12. The number of nitrogens with one attached hydrogen (secondary N) is 1. The molecule has 1 aliphatic heterocycles. The molecule has 0 spiro atoms. The van der Waals surface area contributed by atoms with Crippen LogP contribution in [0.3, 0.4) is 0 Å². The quantitative estimate of drug-likeness (QED) is 0.872. The van der Waals surface area contributed by atoms with E-state index in [0.29, 0.717) is 24.5 Å². The first-order chi connectivity index (χ1) is 11.5. The maximum atomic E-state index is 12.1. The third-order valence-corrected chi connectivity index (χ3v) is 5.18. The standard InChI is InChI=1S/C16H16ClN3O3S/c17-11-4-2-1-3-10(11)15-19-12-6-8-20(9-13(12)24-15)16(23)18-7-5-14(21)22/h1-4H,5-9H2,(H,18,23)(H,21,22). The topological polar surface area (TPSA) is 82.5 Å². The Labute approximate surface area is 148 Å². The van der Waals surface area contributed by atoms with Crippen molar-refractivity contribution in [3.8, 4) is 10.6 Å². The molecular weight excluding hydrogens is 350 g/mol. The monoisotopic (exact) mass is 365 g/mol. The van der Waals surface area contributed by atoms with E-state index in [2.05, 4.69) is 10.3 Å². The van der Waals surface area contributed by atoms with E-state index in [1.165, 1.54) is 0 Å². The molecule has 8 heteroatoms. The van der Waals surface area contributed by atoms with E-state index >= 15 is 0 Å². The van der Waals surface area contributed by atoms with Gasteiger partial charge in [-0.25, -0.2) is 9.78 Å². The number of hydrogen-bond acceptors (Lipinski definition) is 4. The summed E-state index contributed by atoms with van der Waals surface area (Å²) in [6.07, 6.45) is 0.602. The number of carbonyl (C=O) groups excluding carboxylic acids is 1. The normalized spacial score (nSPS) is 13.5. The van der Waals surface area contributed by atoms with Gasteiger partial charge >= 0.3 is 12.0 Å². The van der Waals surface area contributed by atoms with Crippen LogP contribution in [0, 0.1) is 0 Å². The largest absolute Gasteiger partial charge is 0.481 e. The number of halogens is 1. The SMILES string of the molecule is O=C(O)CCNC(=O)N1CCc2nc(-c3ccccc3Cl)sc2C1. The minimum absolute atomic E-state index is 0.0813. The Balaban J connectivity index is 1.69.